The summed E-state index contributed by atoms with van der Waals surface area (Å²) >= 11 is 3.55. The molecule has 0 atom stereocenters. The van der Waals surface area contributed by atoms with Gasteiger partial charge >= 0.3 is 0 Å². The van der Waals surface area contributed by atoms with Gasteiger partial charge in [0.05, 0.1) is 10.7 Å². The van der Waals surface area contributed by atoms with Crippen LogP contribution in [0.4, 0.5) is 0 Å². The number of nitrogens with zero attached hydrogens (tertiary/aromatic N) is 1. The zero-order valence-electron chi connectivity index (χ0n) is 8.98. The number of piperidine rings is 1. The second-order valence-corrected chi connectivity index (χ2v) is 5.78. The maximum absolute atomic E-state index is 4.77. The Morgan fingerprint density at radius 3 is 2.88 bits per heavy atom. The summed E-state index contributed by atoms with van der Waals surface area (Å²) in [5.41, 5.74) is 2.42. The summed E-state index contributed by atoms with van der Waals surface area (Å²) in [6, 6.07) is 2.14. The second-order valence-electron chi connectivity index (χ2n) is 4.11. The van der Waals surface area contributed by atoms with Crippen LogP contribution in [-0.2, 0) is 0 Å². The molecule has 16 heavy (non-hydrogen) atoms. The van der Waals surface area contributed by atoms with E-state index in [4.69, 9.17) is 4.98 Å². The number of nitrogens with one attached hydrogen (secondary N) is 1. The van der Waals surface area contributed by atoms with Crippen LogP contribution in [0.2, 0.25) is 0 Å². The number of hydrogen-bond donors (Lipinski definition) is 1. The first-order valence-corrected chi connectivity index (χ1v) is 7.44. The van der Waals surface area contributed by atoms with Gasteiger partial charge in [0.25, 0.3) is 0 Å². The Balaban J connectivity index is 1.82. The van der Waals surface area contributed by atoms with Crippen molar-refractivity contribution < 1.29 is 0 Å². The number of rotatable bonds is 2. The van der Waals surface area contributed by atoms with E-state index in [0.717, 1.165) is 18.8 Å². The Labute approximate surface area is 103 Å². The summed E-state index contributed by atoms with van der Waals surface area (Å²) in [6.07, 6.45) is 2.47. The highest BCUT2D eigenvalue weighted by atomic mass is 32.1. The van der Waals surface area contributed by atoms with Gasteiger partial charge in [-0.15, -0.1) is 11.3 Å². The first-order valence-electron chi connectivity index (χ1n) is 5.62. The van der Waals surface area contributed by atoms with Crippen molar-refractivity contribution in [3.05, 3.63) is 27.2 Å². The predicted molar refractivity (Wildman–Crippen MR) is 70.3 cm³/mol. The highest BCUT2D eigenvalue weighted by Gasteiger charge is 2.18. The van der Waals surface area contributed by atoms with Crippen LogP contribution in [0.1, 0.15) is 23.8 Å². The van der Waals surface area contributed by atoms with Crippen molar-refractivity contribution in [1.29, 1.82) is 0 Å². The molecule has 2 nitrogen and oxygen atoms in total. The molecule has 0 aromatic carbocycles. The molecular weight excluding hydrogens is 236 g/mol. The molecule has 84 valence electrons. The van der Waals surface area contributed by atoms with E-state index in [1.807, 2.05) is 11.3 Å². The van der Waals surface area contributed by atoms with Crippen molar-refractivity contribution in [2.24, 2.45) is 0 Å². The maximum atomic E-state index is 4.77. The van der Waals surface area contributed by atoms with E-state index in [0.29, 0.717) is 5.92 Å². The van der Waals surface area contributed by atoms with E-state index in [9.17, 15) is 0 Å². The fourth-order valence-corrected chi connectivity index (χ4v) is 3.74. The Bertz CT molecular complexity index is 441. The number of hydrogen-bond acceptors (Lipinski definition) is 4. The highest BCUT2D eigenvalue weighted by molar-refractivity contribution is 7.10. The first kappa shape index (κ1) is 10.4. The Morgan fingerprint density at radius 2 is 2.12 bits per heavy atom. The summed E-state index contributed by atoms with van der Waals surface area (Å²) in [5.74, 6) is 0.679. The fourth-order valence-electron chi connectivity index (χ4n) is 2.09. The lowest BCUT2D eigenvalue weighted by Gasteiger charge is -2.20. The van der Waals surface area contributed by atoms with Crippen molar-refractivity contribution in [1.82, 2.24) is 10.3 Å². The van der Waals surface area contributed by atoms with Crippen LogP contribution in [0.15, 0.2) is 22.2 Å². The normalized spacial score (nSPS) is 17.8. The van der Waals surface area contributed by atoms with Crippen LogP contribution < -0.4 is 5.32 Å². The summed E-state index contributed by atoms with van der Waals surface area (Å²) in [5, 5.41) is 11.2. The third-order valence-corrected chi connectivity index (χ3v) is 4.72. The van der Waals surface area contributed by atoms with E-state index < -0.39 is 0 Å². The van der Waals surface area contributed by atoms with Crippen LogP contribution in [0, 0.1) is 0 Å². The maximum Gasteiger partial charge on any atom is 0.0964 e. The first-order chi connectivity index (χ1) is 7.93. The molecule has 1 aliphatic rings. The second kappa shape index (κ2) is 4.65. The summed E-state index contributed by atoms with van der Waals surface area (Å²) in [7, 11) is 0. The highest BCUT2D eigenvalue weighted by Crippen LogP contribution is 2.31. The van der Waals surface area contributed by atoms with Crippen LogP contribution in [-0.4, -0.2) is 18.1 Å². The van der Waals surface area contributed by atoms with Crippen LogP contribution in [0.3, 0.4) is 0 Å². The number of thiazole rings is 1. The van der Waals surface area contributed by atoms with Crippen molar-refractivity contribution in [3.63, 3.8) is 0 Å². The van der Waals surface area contributed by atoms with Crippen molar-refractivity contribution >= 4 is 22.7 Å². The average Bonchev–Trinajstić information content (AvgIpc) is 3.01. The molecule has 0 unspecified atom stereocenters. The third-order valence-electron chi connectivity index (χ3n) is 3.03. The van der Waals surface area contributed by atoms with Gasteiger partial charge in [-0.1, -0.05) is 0 Å². The zero-order valence-corrected chi connectivity index (χ0v) is 10.6. The molecule has 0 spiro atoms. The van der Waals surface area contributed by atoms with E-state index in [-0.39, 0.29) is 0 Å². The molecule has 0 saturated carbocycles. The summed E-state index contributed by atoms with van der Waals surface area (Å²) in [6.45, 7) is 2.27. The summed E-state index contributed by atoms with van der Waals surface area (Å²) in [4.78, 5) is 4.77. The molecule has 0 bridgehead atoms. The van der Waals surface area contributed by atoms with Gasteiger partial charge in [-0.05, 0) is 37.4 Å². The molecule has 0 aliphatic carbocycles. The van der Waals surface area contributed by atoms with Gasteiger partial charge in [0.1, 0.15) is 0 Å². The molecule has 0 amide bonds. The average molecular weight is 250 g/mol. The van der Waals surface area contributed by atoms with Gasteiger partial charge in [-0.25, -0.2) is 4.98 Å². The Hall–Kier alpha value is -0.710. The summed E-state index contributed by atoms with van der Waals surface area (Å²) < 4.78 is 0. The SMILES string of the molecule is c1cc(-c2csc(C3CCNCC3)n2)cs1. The minimum Gasteiger partial charge on any atom is -0.317 e. The van der Waals surface area contributed by atoms with Gasteiger partial charge in [-0.2, -0.15) is 11.3 Å². The molecule has 2 aromatic heterocycles. The van der Waals surface area contributed by atoms with Crippen LogP contribution in [0.5, 0.6) is 0 Å². The van der Waals surface area contributed by atoms with Gasteiger partial charge in [0.15, 0.2) is 0 Å². The zero-order chi connectivity index (χ0) is 10.8. The molecule has 4 heteroatoms. The van der Waals surface area contributed by atoms with E-state index in [1.165, 1.54) is 23.4 Å². The Kier molecular flexibility index (Phi) is 3.04. The molecule has 1 aliphatic heterocycles. The molecule has 1 N–H and O–H groups in total. The lowest BCUT2D eigenvalue weighted by atomic mass is 9.99. The molecule has 1 fully saturated rings. The largest absolute Gasteiger partial charge is 0.317 e. The fraction of sp³-hybridized carbons (Fsp3) is 0.417. The van der Waals surface area contributed by atoms with E-state index >= 15 is 0 Å². The topological polar surface area (TPSA) is 24.9 Å². The number of aromatic nitrogens is 1. The standard InChI is InChI=1S/C12H14N2S2/c1-4-13-5-2-9(1)12-14-11(8-16-12)10-3-6-15-7-10/h3,6-9,13H,1-2,4-5H2. The van der Waals surface area contributed by atoms with E-state index in [2.05, 4.69) is 27.5 Å². The van der Waals surface area contributed by atoms with Gasteiger partial charge in [0, 0.05) is 22.2 Å². The monoisotopic (exact) mass is 250 g/mol. The molecule has 2 aromatic rings. The minimum absolute atomic E-state index is 0.679. The van der Waals surface area contributed by atoms with Gasteiger partial charge in [-0.3, -0.25) is 0 Å². The molecule has 1 saturated heterocycles. The lowest BCUT2D eigenvalue weighted by Crippen LogP contribution is -2.26. The van der Waals surface area contributed by atoms with Crippen molar-refractivity contribution in [3.8, 4) is 11.3 Å². The predicted octanol–water partition coefficient (Wildman–Crippen LogP) is 3.34. The third kappa shape index (κ3) is 2.05. The smallest absolute Gasteiger partial charge is 0.0964 e. The van der Waals surface area contributed by atoms with Crippen LogP contribution in [0.25, 0.3) is 11.3 Å². The molecule has 3 heterocycles. The Morgan fingerprint density at radius 1 is 1.25 bits per heavy atom. The molecular formula is C12H14N2S2. The molecule has 3 rings (SSSR count). The van der Waals surface area contributed by atoms with E-state index in [1.54, 1.807) is 11.3 Å². The number of thiophene rings is 1. The quantitative estimate of drug-likeness (QED) is 0.884. The van der Waals surface area contributed by atoms with Gasteiger partial charge < -0.3 is 5.32 Å². The van der Waals surface area contributed by atoms with Crippen molar-refractivity contribution in [2.45, 2.75) is 18.8 Å². The minimum atomic E-state index is 0.679. The van der Waals surface area contributed by atoms with Crippen molar-refractivity contribution in [2.75, 3.05) is 13.1 Å². The van der Waals surface area contributed by atoms with Gasteiger partial charge in [0.2, 0.25) is 0 Å². The lowest BCUT2D eigenvalue weighted by molar-refractivity contribution is 0.459. The van der Waals surface area contributed by atoms with Crippen LogP contribution >= 0.6 is 22.7 Å². The molecule has 0 radical (unpaired) electrons.